The van der Waals surface area contributed by atoms with Gasteiger partial charge in [-0.3, -0.25) is 0 Å². The summed E-state index contributed by atoms with van der Waals surface area (Å²) in [6, 6.07) is 11.8. The summed E-state index contributed by atoms with van der Waals surface area (Å²) in [5, 5.41) is 3.35. The Morgan fingerprint density at radius 1 is 1.25 bits per heavy atom. The van der Waals surface area contributed by atoms with Crippen molar-refractivity contribution in [2.75, 3.05) is 12.4 Å². The average molecular weight is 217 g/mol. The second-order valence-corrected chi connectivity index (χ2v) is 3.61. The number of furan rings is 1. The molecule has 2 aromatic rings. The van der Waals surface area contributed by atoms with Crippen LogP contribution in [0.1, 0.15) is 18.7 Å². The smallest absolute Gasteiger partial charge is 0.125 e. The zero-order valence-corrected chi connectivity index (χ0v) is 9.44. The molecule has 0 spiro atoms. The second kappa shape index (κ2) is 4.75. The van der Waals surface area contributed by atoms with E-state index in [0.29, 0.717) is 0 Å². The van der Waals surface area contributed by atoms with Crippen molar-refractivity contribution in [2.24, 2.45) is 0 Å². The lowest BCUT2D eigenvalue weighted by Gasteiger charge is -2.13. The van der Waals surface area contributed by atoms with Crippen LogP contribution in [0.5, 0.6) is 5.75 Å². The molecule has 3 nitrogen and oxygen atoms in total. The van der Waals surface area contributed by atoms with Crippen LogP contribution < -0.4 is 10.1 Å². The molecule has 0 bridgehead atoms. The molecule has 0 aliphatic carbocycles. The molecule has 0 amide bonds. The molecule has 1 atom stereocenters. The number of nitrogens with one attached hydrogen (secondary N) is 1. The minimum absolute atomic E-state index is 0.141. The van der Waals surface area contributed by atoms with Crippen molar-refractivity contribution in [1.29, 1.82) is 0 Å². The van der Waals surface area contributed by atoms with Gasteiger partial charge in [-0.1, -0.05) is 6.07 Å². The maximum atomic E-state index is 5.33. The zero-order chi connectivity index (χ0) is 11.4. The molecule has 0 radical (unpaired) electrons. The van der Waals surface area contributed by atoms with Crippen LogP contribution in [0.2, 0.25) is 0 Å². The largest absolute Gasteiger partial charge is 0.497 e. The van der Waals surface area contributed by atoms with Crippen molar-refractivity contribution in [3.05, 3.63) is 48.4 Å². The fourth-order valence-corrected chi connectivity index (χ4v) is 1.57. The quantitative estimate of drug-likeness (QED) is 0.851. The van der Waals surface area contributed by atoms with E-state index in [1.807, 2.05) is 36.4 Å². The standard InChI is InChI=1S/C13H15NO2/c1-10(13-7-4-8-16-13)14-11-5-3-6-12(9-11)15-2/h3-10,14H,1-2H3. The molecule has 0 aliphatic heterocycles. The Morgan fingerprint density at radius 2 is 2.12 bits per heavy atom. The van der Waals surface area contributed by atoms with Crippen LogP contribution in [0.3, 0.4) is 0 Å². The van der Waals surface area contributed by atoms with Gasteiger partial charge >= 0.3 is 0 Å². The Morgan fingerprint density at radius 3 is 2.81 bits per heavy atom. The van der Waals surface area contributed by atoms with Crippen molar-refractivity contribution in [1.82, 2.24) is 0 Å². The molecular formula is C13H15NO2. The van der Waals surface area contributed by atoms with Gasteiger partial charge in [0.15, 0.2) is 0 Å². The van der Waals surface area contributed by atoms with E-state index in [4.69, 9.17) is 9.15 Å². The van der Waals surface area contributed by atoms with Gasteiger partial charge in [0, 0.05) is 11.8 Å². The normalized spacial score (nSPS) is 12.1. The molecule has 0 fully saturated rings. The van der Waals surface area contributed by atoms with Crippen LogP contribution >= 0.6 is 0 Å². The van der Waals surface area contributed by atoms with E-state index in [0.717, 1.165) is 17.2 Å². The summed E-state index contributed by atoms with van der Waals surface area (Å²) in [5.74, 6) is 1.76. The molecule has 2 rings (SSSR count). The Kier molecular flexibility index (Phi) is 3.15. The highest BCUT2D eigenvalue weighted by atomic mass is 16.5. The lowest BCUT2D eigenvalue weighted by Crippen LogP contribution is -2.05. The first kappa shape index (κ1) is 10.6. The highest BCUT2D eigenvalue weighted by Gasteiger charge is 2.07. The van der Waals surface area contributed by atoms with E-state index in [-0.39, 0.29) is 6.04 Å². The molecule has 1 aromatic heterocycles. The fraction of sp³-hybridized carbons (Fsp3) is 0.231. The number of hydrogen-bond acceptors (Lipinski definition) is 3. The van der Waals surface area contributed by atoms with Crippen LogP contribution in [-0.4, -0.2) is 7.11 Å². The van der Waals surface area contributed by atoms with Gasteiger partial charge in [-0.15, -0.1) is 0 Å². The molecule has 0 saturated heterocycles. The van der Waals surface area contributed by atoms with Gasteiger partial charge in [0.25, 0.3) is 0 Å². The lowest BCUT2D eigenvalue weighted by atomic mass is 10.2. The van der Waals surface area contributed by atoms with Crippen molar-refractivity contribution in [3.63, 3.8) is 0 Å². The Labute approximate surface area is 95.0 Å². The summed E-state index contributed by atoms with van der Waals surface area (Å²) in [6.07, 6.45) is 1.68. The third kappa shape index (κ3) is 2.37. The van der Waals surface area contributed by atoms with Crippen molar-refractivity contribution >= 4 is 5.69 Å². The third-order valence-electron chi connectivity index (χ3n) is 2.42. The van der Waals surface area contributed by atoms with Gasteiger partial charge < -0.3 is 14.5 Å². The summed E-state index contributed by atoms with van der Waals surface area (Å²) in [5.41, 5.74) is 1.02. The summed E-state index contributed by atoms with van der Waals surface area (Å²) < 4.78 is 10.5. The Hall–Kier alpha value is -1.90. The molecule has 1 N–H and O–H groups in total. The predicted molar refractivity (Wildman–Crippen MR) is 63.7 cm³/mol. The van der Waals surface area contributed by atoms with Crippen LogP contribution in [-0.2, 0) is 0 Å². The zero-order valence-electron chi connectivity index (χ0n) is 9.44. The maximum Gasteiger partial charge on any atom is 0.125 e. The first-order valence-electron chi connectivity index (χ1n) is 5.23. The van der Waals surface area contributed by atoms with E-state index >= 15 is 0 Å². The molecule has 16 heavy (non-hydrogen) atoms. The minimum Gasteiger partial charge on any atom is -0.497 e. The summed E-state index contributed by atoms with van der Waals surface area (Å²) in [4.78, 5) is 0. The molecule has 1 unspecified atom stereocenters. The van der Waals surface area contributed by atoms with Crippen LogP contribution in [0.25, 0.3) is 0 Å². The minimum atomic E-state index is 0.141. The van der Waals surface area contributed by atoms with E-state index in [2.05, 4.69) is 12.2 Å². The van der Waals surface area contributed by atoms with Gasteiger partial charge in [0.2, 0.25) is 0 Å². The van der Waals surface area contributed by atoms with Gasteiger partial charge in [-0.25, -0.2) is 0 Å². The van der Waals surface area contributed by atoms with Crippen LogP contribution in [0.4, 0.5) is 5.69 Å². The molecule has 3 heteroatoms. The van der Waals surface area contributed by atoms with E-state index in [9.17, 15) is 0 Å². The summed E-state index contributed by atoms with van der Waals surface area (Å²) >= 11 is 0. The predicted octanol–water partition coefficient (Wildman–Crippen LogP) is 3.46. The number of benzene rings is 1. The SMILES string of the molecule is COc1cccc(NC(C)c2ccco2)c1. The average Bonchev–Trinajstić information content (AvgIpc) is 2.83. The van der Waals surface area contributed by atoms with Crippen molar-refractivity contribution < 1.29 is 9.15 Å². The first-order valence-corrected chi connectivity index (χ1v) is 5.23. The first-order chi connectivity index (χ1) is 7.79. The van der Waals surface area contributed by atoms with E-state index in [1.165, 1.54) is 0 Å². The summed E-state index contributed by atoms with van der Waals surface area (Å²) in [6.45, 7) is 2.05. The summed E-state index contributed by atoms with van der Waals surface area (Å²) in [7, 11) is 1.66. The van der Waals surface area contributed by atoms with Crippen molar-refractivity contribution in [3.8, 4) is 5.75 Å². The van der Waals surface area contributed by atoms with E-state index in [1.54, 1.807) is 13.4 Å². The van der Waals surface area contributed by atoms with Gasteiger partial charge in [-0.2, -0.15) is 0 Å². The van der Waals surface area contributed by atoms with Crippen molar-refractivity contribution in [2.45, 2.75) is 13.0 Å². The second-order valence-electron chi connectivity index (χ2n) is 3.61. The lowest BCUT2D eigenvalue weighted by molar-refractivity contribution is 0.415. The Bertz CT molecular complexity index is 437. The monoisotopic (exact) mass is 217 g/mol. The van der Waals surface area contributed by atoms with Gasteiger partial charge in [0.1, 0.15) is 11.5 Å². The molecule has 1 aromatic carbocycles. The number of methoxy groups -OCH3 is 1. The van der Waals surface area contributed by atoms with Crippen LogP contribution in [0, 0.1) is 0 Å². The topological polar surface area (TPSA) is 34.4 Å². The van der Waals surface area contributed by atoms with Crippen LogP contribution in [0.15, 0.2) is 47.1 Å². The number of anilines is 1. The highest BCUT2D eigenvalue weighted by Crippen LogP contribution is 2.22. The number of rotatable bonds is 4. The molecular weight excluding hydrogens is 202 g/mol. The fourth-order valence-electron chi connectivity index (χ4n) is 1.57. The number of hydrogen-bond donors (Lipinski definition) is 1. The third-order valence-corrected chi connectivity index (χ3v) is 2.42. The molecule has 1 heterocycles. The highest BCUT2D eigenvalue weighted by molar-refractivity contribution is 5.49. The molecule has 84 valence electrons. The van der Waals surface area contributed by atoms with Gasteiger partial charge in [-0.05, 0) is 31.2 Å². The van der Waals surface area contributed by atoms with Gasteiger partial charge in [0.05, 0.1) is 19.4 Å². The van der Waals surface area contributed by atoms with E-state index < -0.39 is 0 Å². The number of ether oxygens (including phenoxy) is 1. The Balaban J connectivity index is 2.08. The molecule has 0 aliphatic rings. The maximum absolute atomic E-state index is 5.33. The molecule has 0 saturated carbocycles.